The Balaban J connectivity index is 1.97. The maximum atomic E-state index is 12.9. The van der Waals surface area contributed by atoms with Crippen LogP contribution < -0.4 is 15.7 Å². The average Bonchev–Trinajstić information content (AvgIpc) is 3.12. The molecule has 1 amide bonds. The van der Waals surface area contributed by atoms with E-state index in [0.717, 1.165) is 12.0 Å². The number of rotatable bonds is 12. The topological polar surface area (TPSA) is 134 Å². The normalized spacial score (nSPS) is 16.5. The maximum absolute atomic E-state index is 12.9. The molecular weight excluding hydrogens is 551 g/mol. The van der Waals surface area contributed by atoms with Crippen molar-refractivity contribution in [3.63, 3.8) is 0 Å². The van der Waals surface area contributed by atoms with Crippen LogP contribution in [0.5, 0.6) is 0 Å². The van der Waals surface area contributed by atoms with Gasteiger partial charge in [0, 0.05) is 32.2 Å². The number of carbonyl (C=O) groups excluding carboxylic acids is 2. The molecule has 1 fully saturated rings. The lowest BCUT2D eigenvalue weighted by molar-refractivity contribution is 0.00578. The van der Waals surface area contributed by atoms with Gasteiger partial charge in [0.05, 0.1) is 41.5 Å². The van der Waals surface area contributed by atoms with E-state index in [9.17, 15) is 19.8 Å². The van der Waals surface area contributed by atoms with Gasteiger partial charge in [-0.25, -0.2) is 9.78 Å². The van der Waals surface area contributed by atoms with E-state index in [4.69, 9.17) is 14.0 Å². The van der Waals surface area contributed by atoms with Crippen LogP contribution in [0.3, 0.4) is 0 Å². The number of anilines is 3. The van der Waals surface area contributed by atoms with Crippen LogP contribution in [0.15, 0.2) is 30.5 Å². The lowest BCUT2D eigenvalue weighted by atomic mass is 9.74. The molecule has 1 unspecified atom stereocenters. The van der Waals surface area contributed by atoms with Crippen LogP contribution in [0.2, 0.25) is 0 Å². The van der Waals surface area contributed by atoms with Crippen molar-refractivity contribution in [2.24, 2.45) is 0 Å². The van der Waals surface area contributed by atoms with Crippen molar-refractivity contribution in [1.82, 2.24) is 9.88 Å². The first-order valence-electron chi connectivity index (χ1n) is 14.7. The highest BCUT2D eigenvalue weighted by Gasteiger charge is 2.52. The fourth-order valence-corrected chi connectivity index (χ4v) is 4.55. The average molecular weight is 599 g/mol. The lowest BCUT2D eigenvalue weighted by Crippen LogP contribution is -2.41. The summed E-state index contributed by atoms with van der Waals surface area (Å²) in [6, 6.07) is 7.26. The Morgan fingerprint density at radius 2 is 1.79 bits per heavy atom. The Labute approximate surface area is 255 Å². The number of aromatic nitrogens is 1. The molecule has 2 aromatic rings. The molecule has 1 aliphatic heterocycles. The molecule has 3 rings (SSSR count). The minimum absolute atomic E-state index is 0.0296. The second kappa shape index (κ2) is 13.6. The molecular formula is C31H47BN4O7. The number of hydrogen-bond donors (Lipinski definition) is 3. The van der Waals surface area contributed by atoms with Gasteiger partial charge < -0.3 is 39.4 Å². The molecule has 1 saturated heterocycles. The van der Waals surface area contributed by atoms with Crippen molar-refractivity contribution in [3.8, 4) is 0 Å². The van der Waals surface area contributed by atoms with E-state index in [0.29, 0.717) is 47.6 Å². The lowest BCUT2D eigenvalue weighted by Gasteiger charge is -2.32. The minimum Gasteiger partial charge on any atom is -0.444 e. The van der Waals surface area contributed by atoms with Crippen molar-refractivity contribution in [2.75, 3.05) is 37.0 Å². The predicted octanol–water partition coefficient (Wildman–Crippen LogP) is 3.87. The fourth-order valence-electron chi connectivity index (χ4n) is 4.55. The number of carbonyl (C=O) groups is 2. The quantitative estimate of drug-likeness (QED) is 0.244. The number of nitrogens with zero attached hydrogens (tertiary/aromatic N) is 3. The minimum atomic E-state index is -0.753. The van der Waals surface area contributed by atoms with Gasteiger partial charge in [0.1, 0.15) is 11.4 Å². The van der Waals surface area contributed by atoms with Crippen LogP contribution in [-0.4, -0.2) is 89.2 Å². The van der Waals surface area contributed by atoms with E-state index in [1.807, 2.05) is 44.7 Å². The molecule has 236 valence electrons. The molecule has 0 saturated carbocycles. The van der Waals surface area contributed by atoms with Gasteiger partial charge in [-0.3, -0.25) is 4.79 Å². The van der Waals surface area contributed by atoms with Gasteiger partial charge >= 0.3 is 13.2 Å². The number of ether oxygens (including phenoxy) is 1. The van der Waals surface area contributed by atoms with Gasteiger partial charge in [0.25, 0.3) is 0 Å². The summed E-state index contributed by atoms with van der Waals surface area (Å²) >= 11 is 0. The maximum Gasteiger partial charge on any atom is 0.495 e. The van der Waals surface area contributed by atoms with Crippen LogP contribution in [0, 0.1) is 0 Å². The zero-order valence-corrected chi connectivity index (χ0v) is 26.9. The van der Waals surface area contributed by atoms with Gasteiger partial charge in [-0.2, -0.15) is 0 Å². The number of aliphatic hydroxyl groups is 2. The zero-order chi connectivity index (χ0) is 32.2. The van der Waals surface area contributed by atoms with Crippen molar-refractivity contribution >= 4 is 42.2 Å². The third kappa shape index (κ3) is 8.69. The van der Waals surface area contributed by atoms with Gasteiger partial charge in [-0.15, -0.1) is 0 Å². The number of benzene rings is 1. The molecule has 1 aliphatic rings. The first-order chi connectivity index (χ1) is 20.0. The van der Waals surface area contributed by atoms with Crippen molar-refractivity contribution in [2.45, 2.75) is 91.3 Å². The third-order valence-corrected chi connectivity index (χ3v) is 7.68. The highest BCUT2D eigenvalue weighted by atomic mass is 16.7. The van der Waals surface area contributed by atoms with E-state index >= 15 is 0 Å². The Kier molecular flexibility index (Phi) is 10.9. The number of nitrogens with one attached hydrogen (secondary N) is 1. The van der Waals surface area contributed by atoms with Gasteiger partial charge in [0.2, 0.25) is 0 Å². The molecule has 3 N–H and O–H groups in total. The summed E-state index contributed by atoms with van der Waals surface area (Å²) < 4.78 is 18.2. The van der Waals surface area contributed by atoms with Gasteiger partial charge in [-0.1, -0.05) is 6.07 Å². The molecule has 1 aromatic carbocycles. The molecule has 43 heavy (non-hydrogen) atoms. The monoisotopic (exact) mass is 598 g/mol. The van der Waals surface area contributed by atoms with Crippen LogP contribution in [0.1, 0.15) is 77.7 Å². The van der Waals surface area contributed by atoms with E-state index < -0.39 is 36.1 Å². The van der Waals surface area contributed by atoms with E-state index in [-0.39, 0.29) is 13.2 Å². The Morgan fingerprint density at radius 3 is 2.30 bits per heavy atom. The summed E-state index contributed by atoms with van der Waals surface area (Å²) in [6.07, 6.45) is 2.00. The van der Waals surface area contributed by atoms with Crippen molar-refractivity contribution in [3.05, 3.63) is 41.6 Å². The van der Waals surface area contributed by atoms with Gasteiger partial charge in [-0.05, 0) is 91.0 Å². The Bertz CT molecular complexity index is 1250. The summed E-state index contributed by atoms with van der Waals surface area (Å²) in [5, 5.41) is 22.4. The van der Waals surface area contributed by atoms with Crippen LogP contribution in [0.4, 0.5) is 22.0 Å². The number of aldehydes is 1. The Hall–Kier alpha value is -3.19. The first-order valence-corrected chi connectivity index (χ1v) is 14.7. The molecule has 0 radical (unpaired) electrons. The van der Waals surface area contributed by atoms with Crippen LogP contribution in [0.25, 0.3) is 0 Å². The van der Waals surface area contributed by atoms with E-state index in [2.05, 4.69) is 10.3 Å². The van der Waals surface area contributed by atoms with Crippen molar-refractivity contribution in [1.29, 1.82) is 0 Å². The predicted molar refractivity (Wildman–Crippen MR) is 168 cm³/mol. The molecule has 1 atom stereocenters. The smallest absolute Gasteiger partial charge is 0.444 e. The van der Waals surface area contributed by atoms with E-state index in [1.165, 1.54) is 4.90 Å². The fraction of sp³-hybridized carbons (Fsp3) is 0.581. The molecule has 0 aliphatic carbocycles. The second-order valence-electron chi connectivity index (χ2n) is 13.0. The number of pyridine rings is 1. The summed E-state index contributed by atoms with van der Waals surface area (Å²) in [5.41, 5.74) is 0.962. The van der Waals surface area contributed by atoms with Crippen LogP contribution in [-0.2, 0) is 20.6 Å². The molecule has 2 heterocycles. The van der Waals surface area contributed by atoms with Gasteiger partial charge in [0.15, 0.2) is 6.29 Å². The summed E-state index contributed by atoms with van der Waals surface area (Å²) in [4.78, 5) is 33.4. The Morgan fingerprint density at radius 1 is 1.14 bits per heavy atom. The highest BCUT2D eigenvalue weighted by Crippen LogP contribution is 2.37. The standard InChI is InChI=1S/C31H47BN4O7/c1-21(39)14-15-36(16-17-37)22-10-13-27(33-18-22)34-26-12-11-25(32-42-30(5,6)31(7,8)43-32)23(24(26)20-38)19-35(9)28(40)41-29(2,3)4/h10-13,18,20-21,37,39H,14-17,19H2,1-9H3,(H,33,34). The highest BCUT2D eigenvalue weighted by molar-refractivity contribution is 6.62. The van der Waals surface area contributed by atoms with Crippen molar-refractivity contribution < 1.29 is 33.8 Å². The molecule has 12 heteroatoms. The summed E-state index contributed by atoms with van der Waals surface area (Å²) in [7, 11) is 0.864. The molecule has 1 aromatic heterocycles. The largest absolute Gasteiger partial charge is 0.495 e. The number of hydrogen-bond acceptors (Lipinski definition) is 10. The number of amides is 1. The SMILES string of the molecule is CC(O)CCN(CCO)c1ccc(Nc2ccc(B3OC(C)(C)C(C)(C)O3)c(CN(C)C(=O)OC(C)(C)C)c2C=O)nc1. The van der Waals surface area contributed by atoms with Crippen LogP contribution >= 0.6 is 0 Å². The molecule has 0 bridgehead atoms. The molecule has 0 spiro atoms. The third-order valence-electron chi connectivity index (χ3n) is 7.68. The molecule has 11 nitrogen and oxygen atoms in total. The summed E-state index contributed by atoms with van der Waals surface area (Å²) in [6.45, 7) is 16.0. The van der Waals surface area contributed by atoms with E-state index in [1.54, 1.807) is 53.1 Å². The summed E-state index contributed by atoms with van der Waals surface area (Å²) in [5.74, 6) is 0.501. The first kappa shape index (κ1) is 34.3. The second-order valence-corrected chi connectivity index (χ2v) is 13.0. The zero-order valence-electron chi connectivity index (χ0n) is 26.9. The number of aliphatic hydroxyl groups excluding tert-OH is 2.